The van der Waals surface area contributed by atoms with Gasteiger partial charge < -0.3 is 9.29 Å². The normalized spacial score (nSPS) is 11.2. The lowest BCUT2D eigenvalue weighted by molar-refractivity contribution is -0.136. The summed E-state index contributed by atoms with van der Waals surface area (Å²) in [5.41, 5.74) is 1.48. The molecule has 0 fully saturated rings. The predicted octanol–water partition coefficient (Wildman–Crippen LogP) is 3.15. The fourth-order valence-corrected chi connectivity index (χ4v) is 3.33. The molecule has 0 spiro atoms. The van der Waals surface area contributed by atoms with Gasteiger partial charge in [0.05, 0.1) is 10.9 Å². The zero-order valence-electron chi connectivity index (χ0n) is 11.6. The minimum absolute atomic E-state index is 0.0552. The highest BCUT2D eigenvalue weighted by Gasteiger charge is 2.18. The Morgan fingerprint density at radius 3 is 2.36 bits per heavy atom. The first-order chi connectivity index (χ1) is 10.3. The van der Waals surface area contributed by atoms with E-state index in [0.29, 0.717) is 10.0 Å². The molecule has 0 amide bonds. The highest BCUT2D eigenvalue weighted by molar-refractivity contribution is 9.10. The third-order valence-corrected chi connectivity index (χ3v) is 4.73. The molecule has 0 aliphatic carbocycles. The smallest absolute Gasteiger partial charge is 0.339 e. The van der Waals surface area contributed by atoms with Gasteiger partial charge in [-0.05, 0) is 52.7 Å². The SMILES string of the molecule is Cc1ccc(S(=O)(=O)Oc2ccc(CC(=O)O)cc2Br)cc1. The van der Waals surface area contributed by atoms with Crippen molar-refractivity contribution in [1.82, 2.24) is 0 Å². The minimum Gasteiger partial charge on any atom is -0.481 e. The van der Waals surface area contributed by atoms with E-state index in [1.54, 1.807) is 12.1 Å². The summed E-state index contributed by atoms with van der Waals surface area (Å²) in [6.45, 7) is 1.86. The maximum Gasteiger partial charge on any atom is 0.339 e. The van der Waals surface area contributed by atoms with Crippen molar-refractivity contribution in [2.45, 2.75) is 18.2 Å². The second-order valence-electron chi connectivity index (χ2n) is 4.69. The van der Waals surface area contributed by atoms with E-state index in [1.165, 1.54) is 30.3 Å². The van der Waals surface area contributed by atoms with E-state index < -0.39 is 16.1 Å². The monoisotopic (exact) mass is 384 g/mol. The van der Waals surface area contributed by atoms with Crippen molar-refractivity contribution in [3.05, 3.63) is 58.1 Å². The molecule has 2 aromatic carbocycles. The van der Waals surface area contributed by atoms with Gasteiger partial charge in [0.15, 0.2) is 5.75 Å². The Hall–Kier alpha value is -1.86. The molecule has 22 heavy (non-hydrogen) atoms. The van der Waals surface area contributed by atoms with Crippen molar-refractivity contribution in [2.24, 2.45) is 0 Å². The third-order valence-electron chi connectivity index (χ3n) is 2.86. The molecule has 0 saturated carbocycles. The fraction of sp³-hybridized carbons (Fsp3) is 0.133. The second kappa shape index (κ2) is 6.50. The maximum atomic E-state index is 12.2. The Morgan fingerprint density at radius 2 is 1.82 bits per heavy atom. The third kappa shape index (κ3) is 4.08. The number of hydrogen-bond acceptors (Lipinski definition) is 4. The van der Waals surface area contributed by atoms with Gasteiger partial charge >= 0.3 is 16.1 Å². The van der Waals surface area contributed by atoms with Crippen molar-refractivity contribution in [3.8, 4) is 5.75 Å². The van der Waals surface area contributed by atoms with E-state index >= 15 is 0 Å². The van der Waals surface area contributed by atoms with E-state index in [4.69, 9.17) is 9.29 Å². The van der Waals surface area contributed by atoms with Gasteiger partial charge in [0, 0.05) is 0 Å². The number of carbonyl (C=O) groups is 1. The summed E-state index contributed by atoms with van der Waals surface area (Å²) < 4.78 is 29.9. The molecule has 0 aliphatic rings. The molecule has 0 radical (unpaired) electrons. The van der Waals surface area contributed by atoms with Gasteiger partial charge in [-0.1, -0.05) is 23.8 Å². The van der Waals surface area contributed by atoms with Crippen LogP contribution in [0.25, 0.3) is 0 Å². The Labute approximate surface area is 136 Å². The molecule has 0 aliphatic heterocycles. The summed E-state index contributed by atoms with van der Waals surface area (Å²) >= 11 is 3.19. The summed E-state index contributed by atoms with van der Waals surface area (Å²) in [6.07, 6.45) is -0.149. The Morgan fingerprint density at radius 1 is 1.18 bits per heavy atom. The molecule has 0 atom stereocenters. The van der Waals surface area contributed by atoms with Gasteiger partial charge in [-0.25, -0.2) is 0 Å². The summed E-state index contributed by atoms with van der Waals surface area (Å²) in [6, 6.07) is 10.8. The number of aliphatic carboxylic acids is 1. The number of carboxylic acids is 1. The quantitative estimate of drug-likeness (QED) is 0.800. The summed E-state index contributed by atoms with van der Waals surface area (Å²) in [7, 11) is -3.93. The van der Waals surface area contributed by atoms with Crippen molar-refractivity contribution < 1.29 is 22.5 Å². The summed E-state index contributed by atoms with van der Waals surface area (Å²) in [5, 5.41) is 8.74. The van der Waals surface area contributed by atoms with Gasteiger partial charge in [0.2, 0.25) is 0 Å². The van der Waals surface area contributed by atoms with Crippen molar-refractivity contribution in [1.29, 1.82) is 0 Å². The molecular weight excluding hydrogens is 372 g/mol. The second-order valence-corrected chi connectivity index (χ2v) is 7.09. The molecule has 2 rings (SSSR count). The van der Waals surface area contributed by atoms with Crippen molar-refractivity contribution in [3.63, 3.8) is 0 Å². The first kappa shape index (κ1) is 16.5. The molecule has 5 nitrogen and oxygen atoms in total. The maximum absolute atomic E-state index is 12.2. The number of hydrogen-bond donors (Lipinski definition) is 1. The number of carboxylic acid groups (broad SMARTS) is 1. The van der Waals surface area contributed by atoms with Crippen LogP contribution in [0, 0.1) is 6.92 Å². The number of benzene rings is 2. The fourth-order valence-electron chi connectivity index (χ4n) is 1.77. The van der Waals surface area contributed by atoms with Crippen LogP contribution in [0.5, 0.6) is 5.75 Å². The van der Waals surface area contributed by atoms with Crippen LogP contribution in [0.2, 0.25) is 0 Å². The lowest BCUT2D eigenvalue weighted by Gasteiger charge is -2.10. The molecule has 0 unspecified atom stereocenters. The number of rotatable bonds is 5. The molecule has 0 heterocycles. The van der Waals surface area contributed by atoms with Crippen LogP contribution < -0.4 is 4.18 Å². The molecule has 2 aromatic rings. The van der Waals surface area contributed by atoms with Crippen LogP contribution in [0.3, 0.4) is 0 Å². The van der Waals surface area contributed by atoms with Crippen LogP contribution in [-0.4, -0.2) is 19.5 Å². The highest BCUT2D eigenvalue weighted by atomic mass is 79.9. The lowest BCUT2D eigenvalue weighted by Crippen LogP contribution is -2.10. The Kier molecular flexibility index (Phi) is 4.87. The molecular formula is C15H13BrO5S. The first-order valence-electron chi connectivity index (χ1n) is 6.29. The molecule has 0 aromatic heterocycles. The minimum atomic E-state index is -3.93. The van der Waals surface area contributed by atoms with E-state index in [0.717, 1.165) is 5.56 Å². The van der Waals surface area contributed by atoms with Crippen LogP contribution >= 0.6 is 15.9 Å². The molecule has 7 heteroatoms. The Balaban J connectivity index is 2.26. The highest BCUT2D eigenvalue weighted by Crippen LogP contribution is 2.29. The molecule has 0 saturated heterocycles. The van der Waals surface area contributed by atoms with E-state index in [2.05, 4.69) is 15.9 Å². The summed E-state index contributed by atoms with van der Waals surface area (Å²) in [4.78, 5) is 10.7. The predicted molar refractivity (Wildman–Crippen MR) is 84.5 cm³/mol. The van der Waals surface area contributed by atoms with E-state index in [1.807, 2.05) is 6.92 Å². The summed E-state index contributed by atoms with van der Waals surface area (Å²) in [5.74, 6) is -0.859. The molecule has 1 N–H and O–H groups in total. The average molecular weight is 385 g/mol. The van der Waals surface area contributed by atoms with Crippen LogP contribution in [0.4, 0.5) is 0 Å². The standard InChI is InChI=1S/C15H13BrO5S/c1-10-2-5-12(6-3-10)22(19,20)21-14-7-4-11(8-13(14)16)9-15(17)18/h2-8H,9H2,1H3,(H,17,18). The number of aryl methyl sites for hydroxylation is 1. The van der Waals surface area contributed by atoms with Crippen LogP contribution in [0.1, 0.15) is 11.1 Å². The van der Waals surface area contributed by atoms with Gasteiger partial charge in [-0.15, -0.1) is 0 Å². The zero-order chi connectivity index (χ0) is 16.3. The van der Waals surface area contributed by atoms with E-state index in [9.17, 15) is 13.2 Å². The molecule has 116 valence electrons. The number of halogens is 1. The first-order valence-corrected chi connectivity index (χ1v) is 8.49. The van der Waals surface area contributed by atoms with Crippen molar-refractivity contribution in [2.75, 3.05) is 0 Å². The zero-order valence-corrected chi connectivity index (χ0v) is 14.0. The largest absolute Gasteiger partial charge is 0.481 e. The van der Waals surface area contributed by atoms with Crippen molar-refractivity contribution >= 4 is 32.0 Å². The van der Waals surface area contributed by atoms with Crippen LogP contribution in [-0.2, 0) is 21.3 Å². The van der Waals surface area contributed by atoms with Gasteiger partial charge in [0.1, 0.15) is 4.90 Å². The van der Waals surface area contributed by atoms with Crippen LogP contribution in [0.15, 0.2) is 51.8 Å². The van der Waals surface area contributed by atoms with Gasteiger partial charge in [0.25, 0.3) is 0 Å². The average Bonchev–Trinajstić information content (AvgIpc) is 2.41. The van der Waals surface area contributed by atoms with Gasteiger partial charge in [-0.2, -0.15) is 8.42 Å². The van der Waals surface area contributed by atoms with E-state index in [-0.39, 0.29) is 17.1 Å². The lowest BCUT2D eigenvalue weighted by atomic mass is 10.1. The van der Waals surface area contributed by atoms with Gasteiger partial charge in [-0.3, -0.25) is 4.79 Å². The Bertz CT molecular complexity index is 797. The topological polar surface area (TPSA) is 80.7 Å². The molecule has 0 bridgehead atoms.